The third-order valence-electron chi connectivity index (χ3n) is 18.1. The number of methoxy groups -OCH3 is 3. The van der Waals surface area contributed by atoms with Crippen molar-refractivity contribution in [3.63, 3.8) is 0 Å². The molecule has 3 N–H and O–H groups in total. The smallest absolute Gasteiger partial charge is 1.00 e. The van der Waals surface area contributed by atoms with E-state index in [2.05, 4.69) is 115 Å². The number of ketones is 1. The number of aromatic nitrogens is 2. The van der Waals surface area contributed by atoms with Crippen LogP contribution >= 0.6 is 0 Å². The average molecular weight is 1940 g/mol. The average Bonchev–Trinajstić information content (AvgIpc) is 1.60. The van der Waals surface area contributed by atoms with Gasteiger partial charge in [0.15, 0.2) is 29.4 Å². The first-order valence-corrected chi connectivity index (χ1v) is 45.9. The second-order valence-corrected chi connectivity index (χ2v) is 40.7. The largest absolute Gasteiger partial charge is 2.00 e. The summed E-state index contributed by atoms with van der Waals surface area (Å²) in [6.07, 6.45) is 16.8. The molecule has 1 aromatic heterocycles. The molecule has 4 fully saturated rings. The first kappa shape index (κ1) is 125. The minimum absolute atomic E-state index is 0. The summed E-state index contributed by atoms with van der Waals surface area (Å²) in [5.41, 5.74) is -1.31. The van der Waals surface area contributed by atoms with Gasteiger partial charge in [-0.25, -0.2) is 39.6 Å². The number of nitrogens with zero attached hydrogens (tertiary/aromatic N) is 3. The van der Waals surface area contributed by atoms with Gasteiger partial charge in [-0.3, -0.25) is 19.9 Å². The second kappa shape index (κ2) is 57.5. The minimum Gasteiger partial charge on any atom is -1.00 e. The zero-order valence-electron chi connectivity index (χ0n) is 78.4. The number of Topliss-reactive ketones (excluding diaryl/α,β-unsaturated/α-hetero) is 1. The van der Waals surface area contributed by atoms with E-state index in [0.29, 0.717) is 75.5 Å². The molecule has 7 heterocycles. The molecule has 32 nitrogen and oxygen atoms in total. The summed E-state index contributed by atoms with van der Waals surface area (Å²) in [6, 6.07) is 2.21. The van der Waals surface area contributed by atoms with E-state index in [0.717, 1.165) is 36.3 Å². The molecule has 7 rings (SSSR count). The fourth-order valence-corrected chi connectivity index (χ4v) is 12.3. The van der Waals surface area contributed by atoms with Crippen LogP contribution in [0.2, 0.25) is 19.6 Å². The maximum atomic E-state index is 11.9. The fraction of sp³-hybridized carbons (Fsp3) is 0.706. The van der Waals surface area contributed by atoms with Gasteiger partial charge in [-0.05, 0) is 182 Å². The number of carbonyl (C=O) groups is 4. The van der Waals surface area contributed by atoms with Gasteiger partial charge >= 0.3 is 55.6 Å². The third-order valence-corrected chi connectivity index (χ3v) is 19.5. The second-order valence-electron chi connectivity index (χ2n) is 33.7. The van der Waals surface area contributed by atoms with Crippen molar-refractivity contribution in [3.8, 4) is 0 Å². The van der Waals surface area contributed by atoms with Crippen LogP contribution in [-0.4, -0.2) is 242 Å². The van der Waals surface area contributed by atoms with Gasteiger partial charge in [0, 0.05) is 99.0 Å². The molecule has 4 saturated heterocycles. The van der Waals surface area contributed by atoms with Crippen molar-refractivity contribution in [2.24, 2.45) is 11.8 Å². The summed E-state index contributed by atoms with van der Waals surface area (Å²) < 4.78 is 113. The molecular formula is C85H153BrIMgN3O29Si. The maximum Gasteiger partial charge on any atom is 2.00 e. The van der Waals surface area contributed by atoms with Gasteiger partial charge in [0.2, 0.25) is 23.1 Å². The van der Waals surface area contributed by atoms with Gasteiger partial charge in [0.1, 0.15) is 47.9 Å². The molecule has 2 unspecified atom stereocenters. The van der Waals surface area contributed by atoms with Crippen molar-refractivity contribution in [1.82, 2.24) is 14.9 Å². The molecule has 0 saturated carbocycles. The molecule has 0 aliphatic carbocycles. The normalized spacial score (nSPS) is 24.0. The number of aldehydes is 1. The Labute approximate surface area is 759 Å². The number of esters is 1. The Bertz CT molecular complexity index is 3310. The van der Waals surface area contributed by atoms with Crippen LogP contribution in [0.4, 0.5) is 0 Å². The summed E-state index contributed by atoms with van der Waals surface area (Å²) in [5.74, 6) is -1.14. The fourth-order valence-electron chi connectivity index (χ4n) is 11.3. The minimum atomic E-state index is -5.74. The van der Waals surface area contributed by atoms with E-state index in [-0.39, 0.29) is 96.1 Å². The number of aliphatic hydroxyl groups is 2. The van der Waals surface area contributed by atoms with Gasteiger partial charge in [-0.2, -0.15) is 4.89 Å². The zero-order chi connectivity index (χ0) is 93.4. The molecule has 6 aliphatic rings. The number of rotatable bonds is 27. The molecule has 702 valence electrons. The van der Waals surface area contributed by atoms with Crippen LogP contribution in [0.15, 0.2) is 116 Å². The standard InChI is InChI=1S/C16H26O5.C12H22O3Si.C11H21NO4.C11H20O3.C10H18O3.C8H12N2.C7H12O3.C7H12O2.C3H5.BrH.HIO6.Mg.2H2/c1-8-9-16(6,19-7)13(17)10(2)12-11(3)14(18)21-15(4,5)20-12;1-8-10-9(2)11(15-16(5,6)7)14-12(3,4)13-10;1-8-5-11(12(3)4)10(9(2)16-8)6-14-15-7-13;1-6-7-11(4,12-5)9-8-13-10(2,3)14-9;1-5-6-10(4,11)8-7-12-9(2,3)13-8;1-8(2,3)7-9-5-4-6-10-7;1-5(8)6-4-9-7(2,3)10-6;1-4-5-7(2,6-8)9-3;1-3-2;;2-1(3,4)6-7-5;;;/h8,10,13,17H,1,9H2,2-7H3;8H,1-7H3;7-11H,5-6H2,1-4H3;6,9H,1,7-8H2,2-5H3;5,8,11H,1,6-7H2,2-4H3;4-6H,1-3H3;6H,4H2,1-3H3;4,6H,1,5H2,2-3H3;3H,1-2H2;1H;5H;;2*1H/q;;;;;;;;-1;;;+2;;/p-1/b;10-8-;;;;;;;;;;;;/t10-,13+,16+;;8-,9?,10+,11?;9-,11-;8-,10-;;6-;7-;;;;;;/m0.111.11....../s1. The van der Waals surface area contributed by atoms with E-state index in [4.69, 9.17) is 80.9 Å². The van der Waals surface area contributed by atoms with Crippen LogP contribution in [0.5, 0.6) is 0 Å². The van der Waals surface area contributed by atoms with Crippen molar-refractivity contribution in [2.75, 3.05) is 61.9 Å². The van der Waals surface area contributed by atoms with Crippen molar-refractivity contribution in [1.29, 1.82) is 0 Å². The first-order chi connectivity index (χ1) is 54.4. The first-order valence-electron chi connectivity index (χ1n) is 39.0. The summed E-state index contributed by atoms with van der Waals surface area (Å²) in [5, 5.41) is 30.3. The Morgan fingerprint density at radius 3 is 1.56 bits per heavy atom. The predicted octanol–water partition coefficient (Wildman–Crippen LogP) is 5.82. The summed E-state index contributed by atoms with van der Waals surface area (Å²) >= 11 is -5.74. The van der Waals surface area contributed by atoms with Crippen LogP contribution < -0.4 is 47.4 Å². The number of hydrogen-bond acceptors (Lipinski definition) is 32. The van der Waals surface area contributed by atoms with Crippen LogP contribution in [0.1, 0.15) is 207 Å². The monoisotopic (exact) mass is 1940 g/mol. The Balaban J connectivity index is -0.000000248. The summed E-state index contributed by atoms with van der Waals surface area (Å²) in [7, 11) is 7.18. The summed E-state index contributed by atoms with van der Waals surface area (Å²) in [6.45, 7) is 74.2. The topological polar surface area (TPSA) is 403 Å². The molecule has 6 aliphatic heterocycles. The molecule has 0 aromatic carbocycles. The molecule has 36 heteroatoms. The van der Waals surface area contributed by atoms with Gasteiger partial charge in [0.05, 0.1) is 66.1 Å². The Morgan fingerprint density at radius 1 is 0.744 bits per heavy atom. The van der Waals surface area contributed by atoms with Crippen LogP contribution in [0, 0.1) is 18.8 Å². The molecule has 0 spiro atoms. The van der Waals surface area contributed by atoms with Gasteiger partial charge in [-0.15, -0.1) is 26.3 Å². The maximum absolute atomic E-state index is 11.9. The number of hydrogen-bond donors (Lipinski definition) is 3. The van der Waals surface area contributed by atoms with Crippen molar-refractivity contribution in [3.05, 3.63) is 129 Å². The number of cyclic esters (lactones) is 1. The molecule has 13 atom stereocenters. The van der Waals surface area contributed by atoms with Gasteiger partial charge < -0.3 is 113 Å². The molecule has 0 amide bonds. The molecule has 0 radical (unpaired) electrons. The Kier molecular flexibility index (Phi) is 59.6. The van der Waals surface area contributed by atoms with Crippen LogP contribution in [0.25, 0.3) is 0 Å². The molecule has 121 heavy (non-hydrogen) atoms. The van der Waals surface area contributed by atoms with E-state index in [1.165, 1.54) is 20.1 Å². The van der Waals surface area contributed by atoms with E-state index in [9.17, 15) is 39.7 Å². The zero-order valence-corrected chi connectivity index (χ0v) is 84.6. The number of halogens is 2. The van der Waals surface area contributed by atoms with E-state index < -0.39 is 92.1 Å². The van der Waals surface area contributed by atoms with Crippen molar-refractivity contribution in [2.45, 2.75) is 317 Å². The van der Waals surface area contributed by atoms with E-state index in [1.54, 1.807) is 107 Å². The van der Waals surface area contributed by atoms with Crippen molar-refractivity contribution >= 4 is 55.9 Å². The van der Waals surface area contributed by atoms with Crippen molar-refractivity contribution < 1.29 is 174 Å². The number of aliphatic hydroxyl groups excluding tert-OH is 1. The SMILES string of the molecule is C/C=C1\OC(C)(C)OC(O[Si](C)(C)C)=C1C.C=CC[C@@](C)(O)[C@H]1COC(C)(C)O1.C=CC[C@@](C)(OC)[C@H](O)[C@@H](C)C1=C(C)C(=O)OC(C)(C)O1.C=CC[C@@](C)(OC)[C@H]1COC(C)(C)O1.C=CC[C@](C)(C=O)OC.C=C[CH2-].CC(=O)[C@H]1COC(C)(C)O1.CC(C)(C)c1ncccn1.CC1O[C@H](C)CC(N(C)C)[C@H]1COOC=O.[Br-].[HH].[HH].[Mg+2].[O-][I+3]([O-])([O-])OOO. The molecule has 0 bridgehead atoms. The number of allylic oxidation sites excluding steroid dienone is 3. The number of carbonyl (C=O) groups excluding carboxylic acids is 4. The van der Waals surface area contributed by atoms with Crippen LogP contribution in [0.3, 0.4) is 0 Å². The van der Waals surface area contributed by atoms with Gasteiger partial charge in [-0.1, -0.05) is 52.0 Å². The van der Waals surface area contributed by atoms with Gasteiger partial charge in [0.25, 0.3) is 5.95 Å². The third kappa shape index (κ3) is 50.2. The molecule has 1 aromatic rings. The molecular weight excluding hydrogens is 1790 g/mol. The van der Waals surface area contributed by atoms with Crippen LogP contribution in [-0.2, 0) is 113 Å². The predicted molar refractivity (Wildman–Crippen MR) is 454 cm³/mol. The van der Waals surface area contributed by atoms with E-state index in [1.807, 2.05) is 102 Å². The quantitative estimate of drug-likeness (QED) is 0.0107. The summed E-state index contributed by atoms with van der Waals surface area (Å²) in [4.78, 5) is 62.5. The number of ether oxygens (including phenoxy) is 14. The Hall–Kier alpha value is -4.26. The van der Waals surface area contributed by atoms with E-state index >= 15 is 0 Å². The Morgan fingerprint density at radius 2 is 1.22 bits per heavy atom.